The van der Waals surface area contributed by atoms with Gasteiger partial charge in [0.1, 0.15) is 11.5 Å². The Kier molecular flexibility index (Phi) is 6.54. The van der Waals surface area contributed by atoms with Gasteiger partial charge in [-0.15, -0.1) is 11.3 Å². The molecule has 3 rings (SSSR count). The summed E-state index contributed by atoms with van der Waals surface area (Å²) in [4.78, 5) is 18.3. The number of benzene rings is 2. The van der Waals surface area contributed by atoms with E-state index < -0.39 is 0 Å². The fourth-order valence-electron chi connectivity index (χ4n) is 2.78. The molecule has 1 N–H and O–H groups in total. The predicted octanol–water partition coefficient (Wildman–Crippen LogP) is 5.69. The summed E-state index contributed by atoms with van der Waals surface area (Å²) in [7, 11) is 3.25. The number of ether oxygens (including phenoxy) is 2. The average Bonchev–Trinajstić information content (AvgIpc) is 3.10. The molecule has 1 heterocycles. The molecule has 0 fully saturated rings. The number of hydrogen-bond acceptors (Lipinski definition) is 5. The van der Waals surface area contributed by atoms with Crippen molar-refractivity contribution >= 4 is 34.0 Å². The largest absolute Gasteiger partial charge is 0.497 e. The van der Waals surface area contributed by atoms with E-state index in [1.165, 1.54) is 11.3 Å². The number of aryl methyl sites for hydroxylation is 1. The molecule has 0 bridgehead atoms. The molecule has 0 aliphatic heterocycles. The van der Waals surface area contributed by atoms with Crippen molar-refractivity contribution in [3.63, 3.8) is 0 Å². The molecule has 2 aromatic carbocycles. The number of amides is 1. The van der Waals surface area contributed by atoms with Crippen molar-refractivity contribution in [2.75, 3.05) is 19.5 Å². The smallest absolute Gasteiger partial charge is 0.257 e. The zero-order valence-electron chi connectivity index (χ0n) is 15.9. The topological polar surface area (TPSA) is 60.5 Å². The molecule has 0 radical (unpaired) electrons. The minimum Gasteiger partial charge on any atom is -0.497 e. The maximum Gasteiger partial charge on any atom is 0.257 e. The molecule has 1 aromatic heterocycles. The van der Waals surface area contributed by atoms with Gasteiger partial charge in [-0.1, -0.05) is 24.9 Å². The van der Waals surface area contributed by atoms with E-state index in [0.717, 1.165) is 34.7 Å². The van der Waals surface area contributed by atoms with Crippen molar-refractivity contribution in [1.29, 1.82) is 0 Å². The predicted molar refractivity (Wildman–Crippen MR) is 114 cm³/mol. The maximum atomic E-state index is 12.5. The first-order valence-electron chi connectivity index (χ1n) is 8.84. The van der Waals surface area contributed by atoms with E-state index in [2.05, 4.69) is 12.2 Å². The van der Waals surface area contributed by atoms with E-state index in [1.54, 1.807) is 38.5 Å². The highest BCUT2D eigenvalue weighted by Crippen LogP contribution is 2.39. The van der Waals surface area contributed by atoms with E-state index in [1.807, 2.05) is 18.2 Å². The number of carbonyl (C=O) groups is 1. The van der Waals surface area contributed by atoms with Crippen LogP contribution in [0.5, 0.6) is 11.5 Å². The molecule has 0 aliphatic carbocycles. The quantitative estimate of drug-likeness (QED) is 0.537. The molecule has 0 aliphatic rings. The van der Waals surface area contributed by atoms with Gasteiger partial charge in [0.25, 0.3) is 5.91 Å². The highest BCUT2D eigenvalue weighted by molar-refractivity contribution is 7.16. The van der Waals surface area contributed by atoms with Crippen molar-refractivity contribution in [2.24, 2.45) is 0 Å². The van der Waals surface area contributed by atoms with E-state index in [-0.39, 0.29) is 5.91 Å². The number of rotatable bonds is 7. The van der Waals surface area contributed by atoms with Gasteiger partial charge in [-0.05, 0) is 48.9 Å². The SMILES string of the molecule is CCCc1sc(NC(=O)c2ccc(Cl)cc2)nc1-c1cc(OC)ccc1OC. The molecular formula is C21H21ClN2O3S. The zero-order chi connectivity index (χ0) is 20.1. The van der Waals surface area contributed by atoms with Crippen molar-refractivity contribution in [3.05, 3.63) is 57.9 Å². The monoisotopic (exact) mass is 416 g/mol. The van der Waals surface area contributed by atoms with E-state index in [0.29, 0.717) is 21.5 Å². The van der Waals surface area contributed by atoms with Crippen LogP contribution in [0.2, 0.25) is 5.02 Å². The third-order valence-electron chi connectivity index (χ3n) is 4.16. The Labute approximate surface area is 173 Å². The first kappa shape index (κ1) is 20.2. The number of carbonyl (C=O) groups excluding carboxylic acids is 1. The van der Waals surface area contributed by atoms with Gasteiger partial charge in [0.05, 0.1) is 19.9 Å². The number of nitrogens with one attached hydrogen (secondary N) is 1. The number of anilines is 1. The van der Waals surface area contributed by atoms with Crippen molar-refractivity contribution in [2.45, 2.75) is 19.8 Å². The number of aromatic nitrogens is 1. The number of nitrogens with zero attached hydrogens (tertiary/aromatic N) is 1. The van der Waals surface area contributed by atoms with Crippen LogP contribution in [0.4, 0.5) is 5.13 Å². The molecular weight excluding hydrogens is 396 g/mol. The summed E-state index contributed by atoms with van der Waals surface area (Å²) in [6.45, 7) is 2.11. The molecule has 0 spiro atoms. The lowest BCUT2D eigenvalue weighted by Gasteiger charge is -2.10. The number of thiazole rings is 1. The Morgan fingerprint density at radius 3 is 2.54 bits per heavy atom. The van der Waals surface area contributed by atoms with Crippen molar-refractivity contribution in [3.8, 4) is 22.8 Å². The Morgan fingerprint density at radius 1 is 1.14 bits per heavy atom. The van der Waals surface area contributed by atoms with Crippen LogP contribution >= 0.6 is 22.9 Å². The highest BCUT2D eigenvalue weighted by Gasteiger charge is 2.19. The van der Waals surface area contributed by atoms with Crippen LogP contribution in [-0.2, 0) is 6.42 Å². The molecule has 5 nitrogen and oxygen atoms in total. The third-order valence-corrected chi connectivity index (χ3v) is 5.45. The van der Waals surface area contributed by atoms with Gasteiger partial charge in [-0.25, -0.2) is 4.98 Å². The molecule has 0 unspecified atom stereocenters. The Balaban J connectivity index is 1.96. The van der Waals surface area contributed by atoms with Crippen LogP contribution in [0.15, 0.2) is 42.5 Å². The summed E-state index contributed by atoms with van der Waals surface area (Å²) in [5.41, 5.74) is 2.17. The van der Waals surface area contributed by atoms with Gasteiger partial charge in [-0.2, -0.15) is 0 Å². The number of methoxy groups -OCH3 is 2. The normalized spacial score (nSPS) is 10.6. The van der Waals surface area contributed by atoms with Gasteiger partial charge in [-0.3, -0.25) is 10.1 Å². The minimum absolute atomic E-state index is 0.224. The first-order chi connectivity index (χ1) is 13.5. The van der Waals surface area contributed by atoms with Crippen molar-refractivity contribution in [1.82, 2.24) is 4.98 Å². The second kappa shape index (κ2) is 9.08. The molecule has 7 heteroatoms. The van der Waals surface area contributed by atoms with Gasteiger partial charge in [0, 0.05) is 21.0 Å². The third kappa shape index (κ3) is 4.46. The van der Waals surface area contributed by atoms with Crippen LogP contribution in [0.25, 0.3) is 11.3 Å². The van der Waals surface area contributed by atoms with Crippen LogP contribution in [-0.4, -0.2) is 25.1 Å². The Bertz CT molecular complexity index is 970. The number of hydrogen-bond donors (Lipinski definition) is 1. The lowest BCUT2D eigenvalue weighted by Crippen LogP contribution is -2.11. The number of halogens is 1. The molecule has 0 atom stereocenters. The standard InChI is InChI=1S/C21H21ClN2O3S/c1-4-5-18-19(16-12-15(26-2)10-11-17(16)27-3)23-21(28-18)24-20(25)13-6-8-14(22)9-7-13/h6-12H,4-5H2,1-3H3,(H,23,24,25). The van der Waals surface area contributed by atoms with Gasteiger partial charge < -0.3 is 9.47 Å². The molecule has 0 saturated heterocycles. The van der Waals surface area contributed by atoms with E-state index >= 15 is 0 Å². The lowest BCUT2D eigenvalue weighted by atomic mass is 10.1. The maximum absolute atomic E-state index is 12.5. The highest BCUT2D eigenvalue weighted by atomic mass is 35.5. The molecule has 1 amide bonds. The lowest BCUT2D eigenvalue weighted by molar-refractivity contribution is 0.102. The summed E-state index contributed by atoms with van der Waals surface area (Å²) in [5, 5.41) is 4.02. The van der Waals surface area contributed by atoms with Gasteiger partial charge in [0.2, 0.25) is 0 Å². The van der Waals surface area contributed by atoms with Crippen molar-refractivity contribution < 1.29 is 14.3 Å². The van der Waals surface area contributed by atoms with Crippen LogP contribution in [0.3, 0.4) is 0 Å². The van der Waals surface area contributed by atoms with Gasteiger partial charge in [0.15, 0.2) is 5.13 Å². The van der Waals surface area contributed by atoms with Crippen LogP contribution in [0.1, 0.15) is 28.6 Å². The summed E-state index contributed by atoms with van der Waals surface area (Å²) in [5.74, 6) is 1.20. The molecule has 146 valence electrons. The zero-order valence-corrected chi connectivity index (χ0v) is 17.5. The first-order valence-corrected chi connectivity index (χ1v) is 10.0. The van der Waals surface area contributed by atoms with Gasteiger partial charge >= 0.3 is 0 Å². The molecule has 3 aromatic rings. The summed E-state index contributed by atoms with van der Waals surface area (Å²) in [6, 6.07) is 12.3. The second-order valence-electron chi connectivity index (χ2n) is 6.07. The summed E-state index contributed by atoms with van der Waals surface area (Å²) < 4.78 is 10.9. The fourth-order valence-corrected chi connectivity index (χ4v) is 3.98. The summed E-state index contributed by atoms with van der Waals surface area (Å²) >= 11 is 7.36. The van der Waals surface area contributed by atoms with E-state index in [9.17, 15) is 4.79 Å². The summed E-state index contributed by atoms with van der Waals surface area (Å²) in [6.07, 6.45) is 1.82. The van der Waals surface area contributed by atoms with Crippen LogP contribution in [0, 0.1) is 0 Å². The minimum atomic E-state index is -0.224. The average molecular weight is 417 g/mol. The second-order valence-corrected chi connectivity index (χ2v) is 7.59. The van der Waals surface area contributed by atoms with Crippen LogP contribution < -0.4 is 14.8 Å². The fraction of sp³-hybridized carbons (Fsp3) is 0.238. The van der Waals surface area contributed by atoms with E-state index in [4.69, 9.17) is 26.1 Å². The molecule has 28 heavy (non-hydrogen) atoms. The molecule has 0 saturated carbocycles. The Hall–Kier alpha value is -2.57. The Morgan fingerprint density at radius 2 is 1.89 bits per heavy atom.